The van der Waals surface area contributed by atoms with Crippen molar-refractivity contribution in [3.8, 4) is 0 Å². The van der Waals surface area contributed by atoms with Crippen LogP contribution in [0.1, 0.15) is 34.1 Å². The number of nitrogens with zero attached hydrogens (tertiary/aromatic N) is 3. The van der Waals surface area contributed by atoms with Gasteiger partial charge in [-0.3, -0.25) is 19.4 Å². The second-order valence-electron chi connectivity index (χ2n) is 6.53. The fourth-order valence-electron chi connectivity index (χ4n) is 2.92. The third kappa shape index (κ3) is 3.02. The van der Waals surface area contributed by atoms with E-state index in [4.69, 9.17) is 4.74 Å². The lowest BCUT2D eigenvalue weighted by Crippen LogP contribution is -2.54. The van der Waals surface area contributed by atoms with Crippen LogP contribution in [0.3, 0.4) is 0 Å². The van der Waals surface area contributed by atoms with Crippen molar-refractivity contribution in [1.82, 2.24) is 14.7 Å². The Morgan fingerprint density at radius 2 is 1.79 bits per heavy atom. The van der Waals surface area contributed by atoms with Crippen LogP contribution in [0.2, 0.25) is 0 Å². The van der Waals surface area contributed by atoms with Crippen LogP contribution in [0.15, 0.2) is 23.6 Å². The lowest BCUT2D eigenvalue weighted by molar-refractivity contribution is -0.135. The van der Waals surface area contributed by atoms with Gasteiger partial charge in [-0.2, -0.15) is 0 Å². The zero-order valence-corrected chi connectivity index (χ0v) is 15.0. The Balaban J connectivity index is 2.33. The molecule has 0 N–H and O–H groups in total. The summed E-state index contributed by atoms with van der Waals surface area (Å²) in [5, 5.41) is 0. The first kappa shape index (κ1) is 18.0. The van der Waals surface area contributed by atoms with Gasteiger partial charge in [-0.25, -0.2) is 4.79 Å². The molecule has 0 unspecified atom stereocenters. The van der Waals surface area contributed by atoms with Crippen molar-refractivity contribution in [2.75, 3.05) is 26.7 Å². The van der Waals surface area contributed by atoms with E-state index in [0.29, 0.717) is 18.9 Å². The Hall–Kier alpha value is -2.31. The molecule has 0 radical (unpaired) electrons. The van der Waals surface area contributed by atoms with E-state index < -0.39 is 17.8 Å². The van der Waals surface area contributed by atoms with Crippen LogP contribution in [-0.4, -0.2) is 64.8 Å². The summed E-state index contributed by atoms with van der Waals surface area (Å²) in [7, 11) is 1.38. The summed E-state index contributed by atoms with van der Waals surface area (Å²) in [6.45, 7) is 9.60. The number of amides is 4. The Bertz CT molecular complexity index is 621. The van der Waals surface area contributed by atoms with E-state index in [1.807, 2.05) is 13.8 Å². The molecule has 0 aromatic heterocycles. The molecule has 7 heteroatoms. The molecule has 0 atom stereocenters. The number of carbonyl (C=O) groups excluding carboxylic acids is 3. The second kappa shape index (κ2) is 6.67. The highest BCUT2D eigenvalue weighted by atomic mass is 16.5. The average Bonchev–Trinajstić information content (AvgIpc) is 2.83. The molecule has 0 bridgehead atoms. The predicted octanol–water partition coefficient (Wildman–Crippen LogP) is 1.72. The normalized spacial score (nSPS) is 24.4. The summed E-state index contributed by atoms with van der Waals surface area (Å²) in [6, 6.07) is -0.579. The molecule has 7 nitrogen and oxygen atoms in total. The minimum absolute atomic E-state index is 0.0255. The second-order valence-corrected chi connectivity index (χ2v) is 6.53. The topological polar surface area (TPSA) is 70.2 Å². The summed E-state index contributed by atoms with van der Waals surface area (Å²) in [5.41, 5.74) is -0.164. The number of barbiturate groups is 1. The van der Waals surface area contributed by atoms with Crippen molar-refractivity contribution in [1.29, 1.82) is 0 Å². The predicted molar refractivity (Wildman–Crippen MR) is 88.7 cm³/mol. The Labute approximate surface area is 142 Å². The molecule has 0 saturated carbocycles. The molecule has 2 saturated heterocycles. The van der Waals surface area contributed by atoms with Crippen LogP contribution in [0, 0.1) is 0 Å². The van der Waals surface area contributed by atoms with Crippen LogP contribution in [-0.2, 0) is 14.3 Å². The molecule has 2 fully saturated rings. The number of imide groups is 2. The third-order valence-corrected chi connectivity index (χ3v) is 4.25. The van der Waals surface area contributed by atoms with Gasteiger partial charge in [-0.05, 0) is 39.3 Å². The number of likely N-dealkylation sites (N-methyl/N-ethyl adjacent to an activating group) is 2. The molecule has 2 aliphatic heterocycles. The van der Waals surface area contributed by atoms with Gasteiger partial charge in [-0.1, -0.05) is 6.92 Å². The van der Waals surface area contributed by atoms with E-state index in [-0.39, 0.29) is 17.7 Å². The Morgan fingerprint density at radius 1 is 1.12 bits per heavy atom. The molecular formula is C17H25N3O4. The van der Waals surface area contributed by atoms with Gasteiger partial charge in [0.1, 0.15) is 12.2 Å². The van der Waals surface area contributed by atoms with Crippen molar-refractivity contribution < 1.29 is 19.1 Å². The number of ether oxygens (including phenoxy) is 1. The highest BCUT2D eigenvalue weighted by Crippen LogP contribution is 2.29. The van der Waals surface area contributed by atoms with Crippen molar-refractivity contribution in [3.63, 3.8) is 0 Å². The zero-order chi connectivity index (χ0) is 18.1. The Morgan fingerprint density at radius 3 is 2.38 bits per heavy atom. The van der Waals surface area contributed by atoms with E-state index in [0.717, 1.165) is 16.3 Å². The molecule has 4 amide bonds. The van der Waals surface area contributed by atoms with Gasteiger partial charge >= 0.3 is 6.03 Å². The number of urea groups is 1. The van der Waals surface area contributed by atoms with Gasteiger partial charge < -0.3 is 9.64 Å². The van der Waals surface area contributed by atoms with Gasteiger partial charge in [0.2, 0.25) is 0 Å². The minimum Gasteiger partial charge on any atom is -0.477 e. The molecule has 132 valence electrons. The average molecular weight is 335 g/mol. The maximum Gasteiger partial charge on any atom is 0.333 e. The molecule has 24 heavy (non-hydrogen) atoms. The summed E-state index contributed by atoms with van der Waals surface area (Å²) >= 11 is 0. The molecule has 2 aliphatic rings. The van der Waals surface area contributed by atoms with Gasteiger partial charge in [0.15, 0.2) is 5.88 Å². The quantitative estimate of drug-likeness (QED) is 0.578. The van der Waals surface area contributed by atoms with Crippen LogP contribution < -0.4 is 0 Å². The molecule has 0 aliphatic carbocycles. The summed E-state index contributed by atoms with van der Waals surface area (Å²) in [4.78, 5) is 41.0. The zero-order valence-electron chi connectivity index (χ0n) is 15.0. The van der Waals surface area contributed by atoms with Crippen LogP contribution in [0.25, 0.3) is 0 Å². The Kier molecular flexibility index (Phi) is 5.01. The fourth-order valence-corrected chi connectivity index (χ4v) is 2.92. The number of allylic oxidation sites excluding steroid dienone is 2. The van der Waals surface area contributed by atoms with E-state index >= 15 is 0 Å². The van der Waals surface area contributed by atoms with Gasteiger partial charge in [0, 0.05) is 20.1 Å². The standard InChI is InChI=1S/C17H25N3O4/c1-6-10-19-15(22)12(14(21)18(5)16(19)23)8-9-13-20(7-2)17(3,4)11-24-13/h8-9H,6-7,10-11H2,1-5H3/b12-8+,13-9+. The highest BCUT2D eigenvalue weighted by Gasteiger charge is 2.40. The number of hydrogen-bond donors (Lipinski definition) is 0. The monoisotopic (exact) mass is 335 g/mol. The van der Waals surface area contributed by atoms with E-state index in [2.05, 4.69) is 18.7 Å². The molecule has 2 rings (SSSR count). The summed E-state index contributed by atoms with van der Waals surface area (Å²) in [5.74, 6) is -0.520. The van der Waals surface area contributed by atoms with Crippen LogP contribution in [0.5, 0.6) is 0 Å². The molecule has 2 heterocycles. The minimum atomic E-state index is -0.588. The van der Waals surface area contributed by atoms with Crippen molar-refractivity contribution in [2.24, 2.45) is 0 Å². The van der Waals surface area contributed by atoms with Crippen molar-refractivity contribution >= 4 is 17.8 Å². The van der Waals surface area contributed by atoms with E-state index in [1.165, 1.54) is 13.1 Å². The summed E-state index contributed by atoms with van der Waals surface area (Å²) < 4.78 is 5.68. The number of carbonyl (C=O) groups is 3. The van der Waals surface area contributed by atoms with Gasteiger partial charge in [-0.15, -0.1) is 0 Å². The first-order valence-electron chi connectivity index (χ1n) is 8.20. The lowest BCUT2D eigenvalue weighted by Gasteiger charge is -2.31. The largest absolute Gasteiger partial charge is 0.477 e. The molecule has 0 spiro atoms. The van der Waals surface area contributed by atoms with Crippen molar-refractivity contribution in [2.45, 2.75) is 39.7 Å². The van der Waals surface area contributed by atoms with Gasteiger partial charge in [0.25, 0.3) is 11.8 Å². The number of rotatable bonds is 4. The molecular weight excluding hydrogens is 310 g/mol. The van der Waals surface area contributed by atoms with E-state index in [9.17, 15) is 14.4 Å². The SMILES string of the molecule is CCCN1C(=O)/C(=C/C=C2/OCC(C)(C)N2CC)C(=O)N(C)C1=O. The highest BCUT2D eigenvalue weighted by molar-refractivity contribution is 6.28. The van der Waals surface area contributed by atoms with Crippen LogP contribution in [0.4, 0.5) is 4.79 Å². The molecule has 0 aromatic rings. The van der Waals surface area contributed by atoms with Crippen molar-refractivity contribution in [3.05, 3.63) is 23.6 Å². The first-order chi connectivity index (χ1) is 11.2. The smallest absolute Gasteiger partial charge is 0.333 e. The first-order valence-corrected chi connectivity index (χ1v) is 8.20. The fraction of sp³-hybridized carbons (Fsp3) is 0.588. The maximum absolute atomic E-state index is 12.5. The van der Waals surface area contributed by atoms with E-state index in [1.54, 1.807) is 6.08 Å². The maximum atomic E-state index is 12.5. The lowest BCUT2D eigenvalue weighted by atomic mass is 10.1. The number of hydrogen-bond acceptors (Lipinski definition) is 5. The molecule has 0 aromatic carbocycles. The summed E-state index contributed by atoms with van der Waals surface area (Å²) in [6.07, 6.45) is 3.72. The van der Waals surface area contributed by atoms with Gasteiger partial charge in [0.05, 0.1) is 5.54 Å². The van der Waals surface area contributed by atoms with Crippen LogP contribution >= 0.6 is 0 Å². The third-order valence-electron chi connectivity index (χ3n) is 4.25.